The molecule has 1 amide bonds. The van der Waals surface area contributed by atoms with E-state index in [-0.39, 0.29) is 17.2 Å². The van der Waals surface area contributed by atoms with Crippen molar-refractivity contribution in [1.82, 2.24) is 5.32 Å². The molecule has 94 valence electrons. The lowest BCUT2D eigenvalue weighted by atomic mass is 10.2. The molecule has 1 aromatic carbocycles. The molecule has 2 aromatic rings. The molecule has 0 saturated carbocycles. The van der Waals surface area contributed by atoms with Crippen molar-refractivity contribution >= 4 is 16.9 Å². The van der Waals surface area contributed by atoms with E-state index < -0.39 is 5.91 Å². The van der Waals surface area contributed by atoms with Gasteiger partial charge < -0.3 is 15.5 Å². The molecule has 5 nitrogen and oxygen atoms in total. The summed E-state index contributed by atoms with van der Waals surface area (Å²) in [6.45, 7) is 2.10. The van der Waals surface area contributed by atoms with Crippen molar-refractivity contribution < 1.29 is 9.21 Å². The van der Waals surface area contributed by atoms with E-state index in [1.807, 2.05) is 0 Å². The summed E-state index contributed by atoms with van der Waals surface area (Å²) >= 11 is 0. The van der Waals surface area contributed by atoms with E-state index in [9.17, 15) is 9.59 Å². The van der Waals surface area contributed by atoms with Crippen molar-refractivity contribution in [1.29, 1.82) is 0 Å². The molecule has 5 heteroatoms. The Kier molecular flexibility index (Phi) is 3.43. The normalized spacial score (nSPS) is 12.3. The molecule has 0 aliphatic carbocycles. The first-order valence-corrected chi connectivity index (χ1v) is 5.64. The zero-order valence-electron chi connectivity index (χ0n) is 9.97. The quantitative estimate of drug-likeness (QED) is 0.841. The standard InChI is InChI=1S/C13H14N2O3/c1-8(14)7-15-13(17)12-6-10(16)9-4-2-3-5-11(9)18-12/h2-6,8H,7,14H2,1H3,(H,15,17). The number of para-hydroxylation sites is 1. The second kappa shape index (κ2) is 5.01. The molecule has 1 aromatic heterocycles. The van der Waals surface area contributed by atoms with Gasteiger partial charge in [-0.3, -0.25) is 9.59 Å². The Morgan fingerprint density at radius 2 is 2.17 bits per heavy atom. The molecular weight excluding hydrogens is 232 g/mol. The molecule has 0 aliphatic heterocycles. The second-order valence-electron chi connectivity index (χ2n) is 4.16. The fraction of sp³-hybridized carbons (Fsp3) is 0.231. The van der Waals surface area contributed by atoms with Crippen molar-refractivity contribution in [3.8, 4) is 0 Å². The van der Waals surface area contributed by atoms with Crippen LogP contribution in [-0.2, 0) is 0 Å². The maximum atomic E-state index is 11.8. The number of benzene rings is 1. The largest absolute Gasteiger partial charge is 0.451 e. The predicted molar refractivity (Wildman–Crippen MR) is 68.5 cm³/mol. The van der Waals surface area contributed by atoms with Crippen molar-refractivity contribution in [3.05, 3.63) is 46.3 Å². The van der Waals surface area contributed by atoms with Crippen molar-refractivity contribution in [2.45, 2.75) is 13.0 Å². The molecule has 0 spiro atoms. The third-order valence-electron chi connectivity index (χ3n) is 2.44. The van der Waals surface area contributed by atoms with Gasteiger partial charge in [0.25, 0.3) is 5.91 Å². The fourth-order valence-electron chi connectivity index (χ4n) is 1.56. The fourth-order valence-corrected chi connectivity index (χ4v) is 1.56. The van der Waals surface area contributed by atoms with Crippen LogP contribution in [0, 0.1) is 0 Å². The van der Waals surface area contributed by atoms with Crippen LogP contribution in [0.15, 0.2) is 39.5 Å². The number of rotatable bonds is 3. The van der Waals surface area contributed by atoms with Crippen molar-refractivity contribution in [2.75, 3.05) is 6.54 Å². The topological polar surface area (TPSA) is 85.3 Å². The monoisotopic (exact) mass is 246 g/mol. The van der Waals surface area contributed by atoms with Crippen molar-refractivity contribution in [2.24, 2.45) is 5.73 Å². The highest BCUT2D eigenvalue weighted by Gasteiger charge is 2.11. The number of carbonyl (C=O) groups excluding carboxylic acids is 1. The first-order chi connectivity index (χ1) is 8.58. The molecule has 0 bridgehead atoms. The van der Waals surface area contributed by atoms with Gasteiger partial charge in [0.05, 0.1) is 5.39 Å². The van der Waals surface area contributed by atoms with Gasteiger partial charge in [-0.2, -0.15) is 0 Å². The highest BCUT2D eigenvalue weighted by Crippen LogP contribution is 2.11. The van der Waals surface area contributed by atoms with E-state index in [0.29, 0.717) is 17.5 Å². The highest BCUT2D eigenvalue weighted by molar-refractivity contribution is 5.93. The maximum Gasteiger partial charge on any atom is 0.287 e. The first-order valence-electron chi connectivity index (χ1n) is 5.64. The lowest BCUT2D eigenvalue weighted by Gasteiger charge is -2.07. The van der Waals surface area contributed by atoms with E-state index in [4.69, 9.17) is 10.2 Å². The van der Waals surface area contributed by atoms with Crippen LogP contribution < -0.4 is 16.5 Å². The minimum absolute atomic E-state index is 0.000602. The van der Waals surface area contributed by atoms with Gasteiger partial charge in [0.15, 0.2) is 11.2 Å². The lowest BCUT2D eigenvalue weighted by Crippen LogP contribution is -2.35. The summed E-state index contributed by atoms with van der Waals surface area (Å²) in [5.74, 6) is -0.436. The van der Waals surface area contributed by atoms with Crippen LogP contribution in [0.25, 0.3) is 11.0 Å². The van der Waals surface area contributed by atoms with Crippen LogP contribution in [0.4, 0.5) is 0 Å². The van der Waals surface area contributed by atoms with Gasteiger partial charge in [-0.1, -0.05) is 12.1 Å². The number of hydrogen-bond acceptors (Lipinski definition) is 4. The van der Waals surface area contributed by atoms with Crippen LogP contribution in [0.5, 0.6) is 0 Å². The zero-order chi connectivity index (χ0) is 13.1. The molecule has 1 atom stereocenters. The summed E-state index contributed by atoms with van der Waals surface area (Å²) in [7, 11) is 0. The predicted octanol–water partition coefficient (Wildman–Crippen LogP) is 0.870. The number of fused-ring (bicyclic) bond motifs is 1. The SMILES string of the molecule is CC(N)CNC(=O)c1cc(=O)c2ccccc2o1. The molecule has 2 rings (SSSR count). The number of carbonyl (C=O) groups is 1. The summed E-state index contributed by atoms with van der Waals surface area (Å²) in [6, 6.07) is 7.84. The summed E-state index contributed by atoms with van der Waals surface area (Å²) in [5, 5.41) is 3.05. The van der Waals surface area contributed by atoms with Gasteiger partial charge in [0.2, 0.25) is 0 Å². The van der Waals surface area contributed by atoms with Crippen molar-refractivity contribution in [3.63, 3.8) is 0 Å². The van der Waals surface area contributed by atoms with Gasteiger partial charge in [-0.15, -0.1) is 0 Å². The molecule has 0 radical (unpaired) electrons. The Hall–Kier alpha value is -2.14. The molecule has 0 saturated heterocycles. The molecule has 1 heterocycles. The van der Waals surface area contributed by atoms with Crippen LogP contribution in [0.3, 0.4) is 0 Å². The zero-order valence-corrected chi connectivity index (χ0v) is 9.97. The van der Waals surface area contributed by atoms with E-state index in [2.05, 4.69) is 5.32 Å². The number of nitrogens with one attached hydrogen (secondary N) is 1. The summed E-state index contributed by atoms with van der Waals surface area (Å²) < 4.78 is 5.38. The van der Waals surface area contributed by atoms with Gasteiger partial charge in [-0.25, -0.2) is 0 Å². The number of amides is 1. The number of hydrogen-bond donors (Lipinski definition) is 2. The minimum atomic E-state index is -0.435. The molecular formula is C13H14N2O3. The van der Waals surface area contributed by atoms with E-state index in [1.54, 1.807) is 31.2 Å². The Bertz CT molecular complexity index is 631. The van der Waals surface area contributed by atoms with Gasteiger partial charge in [0.1, 0.15) is 5.58 Å². The van der Waals surface area contributed by atoms with E-state index >= 15 is 0 Å². The van der Waals surface area contributed by atoms with E-state index in [0.717, 1.165) is 0 Å². The van der Waals surface area contributed by atoms with E-state index in [1.165, 1.54) is 6.07 Å². The molecule has 18 heavy (non-hydrogen) atoms. The average molecular weight is 246 g/mol. The Balaban J connectivity index is 2.35. The molecule has 0 aliphatic rings. The van der Waals surface area contributed by atoms with Crippen LogP contribution >= 0.6 is 0 Å². The van der Waals surface area contributed by atoms with Crippen LogP contribution in [-0.4, -0.2) is 18.5 Å². The molecule has 3 N–H and O–H groups in total. The first kappa shape index (κ1) is 12.3. The summed E-state index contributed by atoms with van der Waals surface area (Å²) in [4.78, 5) is 23.5. The van der Waals surface area contributed by atoms with Crippen LogP contribution in [0.2, 0.25) is 0 Å². The van der Waals surface area contributed by atoms with Crippen LogP contribution in [0.1, 0.15) is 17.5 Å². The van der Waals surface area contributed by atoms with Gasteiger partial charge >= 0.3 is 0 Å². The van der Waals surface area contributed by atoms with Gasteiger partial charge in [-0.05, 0) is 19.1 Å². The maximum absolute atomic E-state index is 11.8. The third kappa shape index (κ3) is 2.57. The molecule has 0 fully saturated rings. The average Bonchev–Trinajstić information content (AvgIpc) is 2.36. The highest BCUT2D eigenvalue weighted by atomic mass is 16.3. The smallest absolute Gasteiger partial charge is 0.287 e. The van der Waals surface area contributed by atoms with Gasteiger partial charge in [0, 0.05) is 18.7 Å². The summed E-state index contributed by atoms with van der Waals surface area (Å²) in [6.07, 6.45) is 0. The minimum Gasteiger partial charge on any atom is -0.451 e. The second-order valence-corrected chi connectivity index (χ2v) is 4.16. The molecule has 1 unspecified atom stereocenters. The Morgan fingerprint density at radius 3 is 2.89 bits per heavy atom. The Labute approximate surface area is 104 Å². The Morgan fingerprint density at radius 1 is 1.44 bits per heavy atom. The summed E-state index contributed by atoms with van der Waals surface area (Å²) in [5.41, 5.74) is 5.70. The number of nitrogens with two attached hydrogens (primary N) is 1. The lowest BCUT2D eigenvalue weighted by molar-refractivity contribution is 0.0924. The third-order valence-corrected chi connectivity index (χ3v) is 2.44.